The Hall–Kier alpha value is -1.75. The molecular formula is C15H31N3O7. The van der Waals surface area contributed by atoms with Crippen molar-refractivity contribution >= 4 is 17.9 Å². The molecule has 0 spiro atoms. The highest BCUT2D eigenvalue weighted by Gasteiger charge is 2.20. The average Bonchev–Trinajstić information content (AvgIpc) is 3.08. The van der Waals surface area contributed by atoms with Gasteiger partial charge in [0, 0.05) is 0 Å². The molecule has 0 saturated carbocycles. The number of nitrogens with one attached hydrogen (secondary N) is 1. The van der Waals surface area contributed by atoms with E-state index in [2.05, 4.69) is 5.32 Å². The number of aliphatic carboxylic acids is 3. The van der Waals surface area contributed by atoms with E-state index in [0.717, 1.165) is 25.8 Å². The standard InChI is InChI=1S/C6H13NO2.C5H9NO2.C4H9NO3/c1-3-4(2)5(7)6(8)9;7-5(8)4-2-1-3-6-4;1-2(6)3(5)4(7)8/h4-5H,3,7H2,1-2H3,(H,8,9);4,6H,1-3H2,(H,7,8);2-3,6H,5H2,1H3,(H,7,8)/t4-,5-;4-;2-,3+/m001/s1. The summed E-state index contributed by atoms with van der Waals surface area (Å²) >= 11 is 0. The van der Waals surface area contributed by atoms with E-state index in [1.165, 1.54) is 6.92 Å². The van der Waals surface area contributed by atoms with Crippen LogP contribution in [0.4, 0.5) is 0 Å². The lowest BCUT2D eigenvalue weighted by Crippen LogP contribution is -2.39. The average molecular weight is 365 g/mol. The van der Waals surface area contributed by atoms with Crippen LogP contribution in [0.3, 0.4) is 0 Å². The molecule has 0 aromatic carbocycles. The van der Waals surface area contributed by atoms with E-state index < -0.39 is 36.1 Å². The van der Waals surface area contributed by atoms with Crippen molar-refractivity contribution in [2.75, 3.05) is 6.54 Å². The molecule has 0 aliphatic carbocycles. The number of carboxylic acid groups (broad SMARTS) is 3. The third-order valence-electron chi connectivity index (χ3n) is 3.71. The molecule has 0 aromatic rings. The third kappa shape index (κ3) is 12.3. The summed E-state index contributed by atoms with van der Waals surface area (Å²) in [5.74, 6) is -2.74. The topological polar surface area (TPSA) is 196 Å². The van der Waals surface area contributed by atoms with E-state index in [0.29, 0.717) is 0 Å². The van der Waals surface area contributed by atoms with Gasteiger partial charge in [0.1, 0.15) is 18.1 Å². The van der Waals surface area contributed by atoms with Gasteiger partial charge >= 0.3 is 17.9 Å². The molecule has 148 valence electrons. The predicted octanol–water partition coefficient (Wildman–Crippen LogP) is -0.953. The van der Waals surface area contributed by atoms with E-state index in [-0.39, 0.29) is 12.0 Å². The molecule has 25 heavy (non-hydrogen) atoms. The number of rotatable bonds is 6. The van der Waals surface area contributed by atoms with Crippen molar-refractivity contribution < 1.29 is 34.8 Å². The van der Waals surface area contributed by atoms with Crippen LogP contribution in [0.5, 0.6) is 0 Å². The van der Waals surface area contributed by atoms with Crippen LogP contribution in [0.15, 0.2) is 0 Å². The summed E-state index contributed by atoms with van der Waals surface area (Å²) in [6, 6.07) is -2.13. The molecule has 1 heterocycles. The van der Waals surface area contributed by atoms with E-state index in [1.807, 2.05) is 13.8 Å². The van der Waals surface area contributed by atoms with Gasteiger partial charge in [0.2, 0.25) is 0 Å². The van der Waals surface area contributed by atoms with Crippen LogP contribution < -0.4 is 16.8 Å². The Morgan fingerprint density at radius 2 is 1.56 bits per heavy atom. The number of carboxylic acids is 3. The van der Waals surface area contributed by atoms with Gasteiger partial charge in [-0.25, -0.2) is 0 Å². The second-order valence-electron chi connectivity index (χ2n) is 5.84. The largest absolute Gasteiger partial charge is 0.480 e. The van der Waals surface area contributed by atoms with Gasteiger partial charge in [-0.1, -0.05) is 20.3 Å². The highest BCUT2D eigenvalue weighted by molar-refractivity contribution is 5.74. The minimum atomic E-state index is -1.18. The summed E-state index contributed by atoms with van der Waals surface area (Å²) in [4.78, 5) is 30.2. The molecule has 0 aromatic heterocycles. The summed E-state index contributed by atoms with van der Waals surface area (Å²) in [6.07, 6.45) is 1.62. The molecule has 1 saturated heterocycles. The Bertz CT molecular complexity index is 400. The Balaban J connectivity index is 0. The summed E-state index contributed by atoms with van der Waals surface area (Å²) in [5.41, 5.74) is 10.2. The molecular weight excluding hydrogens is 334 g/mol. The van der Waals surface area contributed by atoms with Gasteiger partial charge in [-0.05, 0) is 32.2 Å². The van der Waals surface area contributed by atoms with Crippen LogP contribution >= 0.6 is 0 Å². The van der Waals surface area contributed by atoms with Crippen molar-refractivity contribution in [1.82, 2.24) is 5.32 Å². The predicted molar refractivity (Wildman–Crippen MR) is 91.0 cm³/mol. The lowest BCUT2D eigenvalue weighted by atomic mass is 10.0. The first-order valence-electron chi connectivity index (χ1n) is 8.06. The van der Waals surface area contributed by atoms with Crippen LogP contribution in [-0.2, 0) is 14.4 Å². The molecule has 0 bridgehead atoms. The number of aliphatic hydroxyl groups is 1. The number of hydrogen-bond donors (Lipinski definition) is 7. The van der Waals surface area contributed by atoms with Crippen molar-refractivity contribution in [3.8, 4) is 0 Å². The molecule has 10 heteroatoms. The molecule has 9 N–H and O–H groups in total. The minimum Gasteiger partial charge on any atom is -0.480 e. The quantitative estimate of drug-likeness (QED) is 0.308. The number of carbonyl (C=O) groups is 3. The summed E-state index contributed by atoms with van der Waals surface area (Å²) in [5, 5.41) is 36.1. The minimum absolute atomic E-state index is 0.0718. The maximum atomic E-state index is 10.2. The number of aliphatic hydroxyl groups excluding tert-OH is 1. The molecule has 10 nitrogen and oxygen atoms in total. The fraction of sp³-hybridized carbons (Fsp3) is 0.800. The smallest absolute Gasteiger partial charge is 0.323 e. The Morgan fingerprint density at radius 3 is 1.68 bits per heavy atom. The Morgan fingerprint density at radius 1 is 1.08 bits per heavy atom. The molecule has 1 aliphatic heterocycles. The van der Waals surface area contributed by atoms with E-state index in [4.69, 9.17) is 31.9 Å². The molecule has 0 unspecified atom stereocenters. The van der Waals surface area contributed by atoms with Crippen LogP contribution in [0, 0.1) is 5.92 Å². The third-order valence-corrected chi connectivity index (χ3v) is 3.71. The highest BCUT2D eigenvalue weighted by Crippen LogP contribution is 2.04. The van der Waals surface area contributed by atoms with Crippen molar-refractivity contribution in [1.29, 1.82) is 0 Å². The van der Waals surface area contributed by atoms with Crippen LogP contribution in [-0.4, -0.2) is 69.1 Å². The van der Waals surface area contributed by atoms with Crippen molar-refractivity contribution in [2.24, 2.45) is 17.4 Å². The van der Waals surface area contributed by atoms with Gasteiger partial charge in [0.05, 0.1) is 6.10 Å². The molecule has 0 amide bonds. The van der Waals surface area contributed by atoms with Crippen LogP contribution in [0.1, 0.15) is 40.0 Å². The molecule has 0 radical (unpaired) electrons. The number of hydrogen-bond acceptors (Lipinski definition) is 7. The Labute approximate surface area is 147 Å². The summed E-state index contributed by atoms with van der Waals surface area (Å²) < 4.78 is 0. The summed E-state index contributed by atoms with van der Waals surface area (Å²) in [6.45, 7) is 5.95. The fourth-order valence-electron chi connectivity index (χ4n) is 1.60. The van der Waals surface area contributed by atoms with Crippen LogP contribution in [0.25, 0.3) is 0 Å². The van der Waals surface area contributed by atoms with Gasteiger partial charge in [0.15, 0.2) is 0 Å². The first-order valence-corrected chi connectivity index (χ1v) is 8.06. The zero-order chi connectivity index (χ0) is 20.2. The van der Waals surface area contributed by atoms with Gasteiger partial charge in [-0.2, -0.15) is 0 Å². The Kier molecular flexibility index (Phi) is 13.8. The lowest BCUT2D eigenvalue weighted by Gasteiger charge is -2.11. The first kappa shape index (κ1) is 25.5. The number of nitrogens with two attached hydrogens (primary N) is 2. The fourth-order valence-corrected chi connectivity index (χ4v) is 1.60. The first-order chi connectivity index (χ1) is 11.4. The molecule has 5 atom stereocenters. The zero-order valence-corrected chi connectivity index (χ0v) is 14.9. The van der Waals surface area contributed by atoms with Gasteiger partial charge in [0.25, 0.3) is 0 Å². The van der Waals surface area contributed by atoms with Crippen molar-refractivity contribution in [3.63, 3.8) is 0 Å². The normalized spacial score (nSPS) is 20.6. The molecule has 1 fully saturated rings. The van der Waals surface area contributed by atoms with Gasteiger partial charge < -0.3 is 37.2 Å². The van der Waals surface area contributed by atoms with E-state index in [1.54, 1.807) is 0 Å². The lowest BCUT2D eigenvalue weighted by molar-refractivity contribution is -0.141. The van der Waals surface area contributed by atoms with Gasteiger partial charge in [-0.3, -0.25) is 14.4 Å². The second kappa shape index (κ2) is 13.5. The van der Waals surface area contributed by atoms with E-state index in [9.17, 15) is 14.4 Å². The zero-order valence-electron chi connectivity index (χ0n) is 14.9. The van der Waals surface area contributed by atoms with Crippen LogP contribution in [0.2, 0.25) is 0 Å². The van der Waals surface area contributed by atoms with E-state index >= 15 is 0 Å². The SMILES string of the molecule is CC[C@H](C)[C@H](N)C(=O)O.C[C@@H](O)[C@H](N)C(=O)O.O=C(O)[C@@H]1CCCN1. The van der Waals surface area contributed by atoms with Crippen molar-refractivity contribution in [3.05, 3.63) is 0 Å². The highest BCUT2D eigenvalue weighted by atomic mass is 16.4. The molecule has 1 aliphatic rings. The molecule has 1 rings (SSSR count). The monoisotopic (exact) mass is 365 g/mol. The second-order valence-corrected chi connectivity index (χ2v) is 5.84. The maximum absolute atomic E-state index is 10.2. The van der Waals surface area contributed by atoms with Crippen molar-refractivity contribution in [2.45, 2.75) is 64.3 Å². The summed E-state index contributed by atoms with van der Waals surface area (Å²) in [7, 11) is 0. The van der Waals surface area contributed by atoms with Gasteiger partial charge in [-0.15, -0.1) is 0 Å². The maximum Gasteiger partial charge on any atom is 0.323 e.